The summed E-state index contributed by atoms with van der Waals surface area (Å²) >= 11 is 0. The Morgan fingerprint density at radius 3 is 2.18 bits per heavy atom. The fraction of sp³-hybridized carbons (Fsp3) is 0. The van der Waals surface area contributed by atoms with Crippen molar-refractivity contribution >= 4 is 22.6 Å². The van der Waals surface area contributed by atoms with Crippen LogP contribution in [0.5, 0.6) is 11.5 Å². The van der Waals surface area contributed by atoms with Crippen LogP contribution in [0.4, 0.5) is 0 Å². The van der Waals surface area contributed by atoms with E-state index in [2.05, 4.69) is 11.1 Å². The minimum absolute atomic E-state index is 0.00698. The SMILES string of the molecule is N=C(N)c1cccc(Oc2ccc(-c3cc4ccc(C(=N)N)cc4[nH]3)cc2)c1. The first-order chi connectivity index (χ1) is 13.5. The van der Waals surface area contributed by atoms with Gasteiger partial charge in [0, 0.05) is 27.7 Å². The van der Waals surface area contributed by atoms with Gasteiger partial charge in [0.15, 0.2) is 0 Å². The molecule has 0 fully saturated rings. The minimum Gasteiger partial charge on any atom is -0.457 e. The Morgan fingerprint density at radius 1 is 0.750 bits per heavy atom. The molecular weight excluding hydrogens is 350 g/mol. The smallest absolute Gasteiger partial charge is 0.128 e. The number of nitrogen functional groups attached to an aromatic ring is 2. The maximum Gasteiger partial charge on any atom is 0.128 e. The van der Waals surface area contributed by atoms with Crippen molar-refractivity contribution in [2.45, 2.75) is 0 Å². The molecule has 0 spiro atoms. The molecule has 0 atom stereocenters. The molecule has 28 heavy (non-hydrogen) atoms. The Balaban J connectivity index is 1.58. The van der Waals surface area contributed by atoms with Crippen LogP contribution in [0.15, 0.2) is 72.8 Å². The normalized spacial score (nSPS) is 10.7. The molecular formula is C22H19N5O. The molecule has 0 saturated carbocycles. The van der Waals surface area contributed by atoms with E-state index in [4.69, 9.17) is 27.0 Å². The van der Waals surface area contributed by atoms with Crippen LogP contribution in [0.3, 0.4) is 0 Å². The number of nitrogens with one attached hydrogen (secondary N) is 3. The third-order valence-corrected chi connectivity index (χ3v) is 4.48. The summed E-state index contributed by atoms with van der Waals surface area (Å²) in [5.41, 5.74) is 15.3. The second kappa shape index (κ2) is 6.92. The number of fused-ring (bicyclic) bond motifs is 1. The zero-order valence-electron chi connectivity index (χ0n) is 15.0. The van der Waals surface area contributed by atoms with Crippen molar-refractivity contribution < 1.29 is 4.74 Å². The predicted octanol–water partition coefficient (Wildman–Crippen LogP) is 4.20. The van der Waals surface area contributed by atoms with Gasteiger partial charge in [-0.2, -0.15) is 0 Å². The minimum atomic E-state index is 0.00698. The highest BCUT2D eigenvalue weighted by molar-refractivity contribution is 5.99. The summed E-state index contributed by atoms with van der Waals surface area (Å²) < 4.78 is 5.86. The van der Waals surface area contributed by atoms with Crippen molar-refractivity contribution in [2.75, 3.05) is 0 Å². The number of rotatable bonds is 5. The molecule has 138 valence electrons. The van der Waals surface area contributed by atoms with Gasteiger partial charge in [0.25, 0.3) is 0 Å². The second-order valence-corrected chi connectivity index (χ2v) is 6.47. The summed E-state index contributed by atoms with van der Waals surface area (Å²) in [6.45, 7) is 0. The number of amidine groups is 2. The molecule has 6 nitrogen and oxygen atoms in total. The first-order valence-electron chi connectivity index (χ1n) is 8.69. The molecule has 1 heterocycles. The second-order valence-electron chi connectivity index (χ2n) is 6.47. The van der Waals surface area contributed by atoms with Crippen molar-refractivity contribution in [2.24, 2.45) is 11.5 Å². The van der Waals surface area contributed by atoms with Gasteiger partial charge < -0.3 is 21.2 Å². The summed E-state index contributed by atoms with van der Waals surface area (Å²) in [6.07, 6.45) is 0. The van der Waals surface area contributed by atoms with E-state index in [1.54, 1.807) is 18.2 Å². The van der Waals surface area contributed by atoms with Gasteiger partial charge in [-0.3, -0.25) is 10.8 Å². The topological polar surface area (TPSA) is 125 Å². The van der Waals surface area contributed by atoms with Crippen LogP contribution in [-0.4, -0.2) is 16.7 Å². The van der Waals surface area contributed by atoms with Gasteiger partial charge in [0.1, 0.15) is 23.2 Å². The van der Waals surface area contributed by atoms with E-state index in [0.29, 0.717) is 22.6 Å². The highest BCUT2D eigenvalue weighted by Gasteiger charge is 2.07. The van der Waals surface area contributed by atoms with Crippen molar-refractivity contribution in [3.8, 4) is 22.8 Å². The first kappa shape index (κ1) is 17.4. The third kappa shape index (κ3) is 3.43. The van der Waals surface area contributed by atoms with E-state index in [1.807, 2.05) is 48.5 Å². The van der Waals surface area contributed by atoms with Crippen LogP contribution in [0, 0.1) is 10.8 Å². The molecule has 0 bridgehead atoms. The zero-order valence-corrected chi connectivity index (χ0v) is 15.0. The highest BCUT2D eigenvalue weighted by Crippen LogP contribution is 2.28. The Hall–Kier alpha value is -4.06. The molecule has 4 rings (SSSR count). The fourth-order valence-corrected chi connectivity index (χ4v) is 3.02. The highest BCUT2D eigenvalue weighted by atomic mass is 16.5. The molecule has 4 aromatic rings. The average Bonchev–Trinajstić information content (AvgIpc) is 3.12. The number of aromatic amines is 1. The molecule has 1 aromatic heterocycles. The molecule has 0 aliphatic heterocycles. The lowest BCUT2D eigenvalue weighted by atomic mass is 10.1. The van der Waals surface area contributed by atoms with Gasteiger partial charge in [-0.1, -0.05) is 24.3 Å². The molecule has 3 aromatic carbocycles. The molecule has 0 aliphatic carbocycles. The molecule has 0 radical (unpaired) electrons. The Kier molecular flexibility index (Phi) is 4.29. The van der Waals surface area contributed by atoms with Crippen LogP contribution in [0.25, 0.3) is 22.2 Å². The lowest BCUT2D eigenvalue weighted by molar-refractivity contribution is 0.482. The van der Waals surface area contributed by atoms with E-state index in [0.717, 1.165) is 22.2 Å². The van der Waals surface area contributed by atoms with Crippen molar-refractivity contribution in [3.63, 3.8) is 0 Å². The third-order valence-electron chi connectivity index (χ3n) is 4.48. The average molecular weight is 369 g/mol. The first-order valence-corrected chi connectivity index (χ1v) is 8.69. The number of nitrogens with two attached hydrogens (primary N) is 2. The largest absolute Gasteiger partial charge is 0.457 e. The number of benzene rings is 3. The van der Waals surface area contributed by atoms with Gasteiger partial charge in [-0.05, 0) is 54.1 Å². The molecule has 0 unspecified atom stereocenters. The van der Waals surface area contributed by atoms with Gasteiger partial charge in [0.2, 0.25) is 0 Å². The van der Waals surface area contributed by atoms with E-state index in [-0.39, 0.29) is 11.7 Å². The number of hydrogen-bond acceptors (Lipinski definition) is 3. The van der Waals surface area contributed by atoms with E-state index >= 15 is 0 Å². The maximum atomic E-state index is 7.57. The quantitative estimate of drug-likeness (QED) is 0.267. The van der Waals surface area contributed by atoms with E-state index in [1.165, 1.54) is 0 Å². The zero-order chi connectivity index (χ0) is 19.7. The Labute approximate surface area is 161 Å². The lowest BCUT2D eigenvalue weighted by Crippen LogP contribution is -2.10. The Morgan fingerprint density at radius 2 is 1.46 bits per heavy atom. The fourth-order valence-electron chi connectivity index (χ4n) is 3.02. The number of hydrogen-bond donors (Lipinski definition) is 5. The molecule has 7 N–H and O–H groups in total. The summed E-state index contributed by atoms with van der Waals surface area (Å²) in [4.78, 5) is 3.37. The predicted molar refractivity (Wildman–Crippen MR) is 112 cm³/mol. The molecule has 6 heteroatoms. The van der Waals surface area contributed by atoms with Crippen LogP contribution >= 0.6 is 0 Å². The summed E-state index contributed by atoms with van der Waals surface area (Å²) in [6, 6.07) is 22.6. The number of aromatic nitrogens is 1. The van der Waals surface area contributed by atoms with Crippen LogP contribution in [0.1, 0.15) is 11.1 Å². The Bertz CT molecular complexity index is 1190. The standard InChI is InChI=1S/C22H19N5O/c23-21(24)15-2-1-3-18(10-15)28-17-8-6-13(7-9-17)19-11-14-4-5-16(22(25)26)12-20(14)27-19/h1-12,27H,(H3,23,24)(H3,25,26). The maximum absolute atomic E-state index is 7.57. The molecule has 0 saturated heterocycles. The van der Waals surface area contributed by atoms with Crippen molar-refractivity contribution in [1.29, 1.82) is 10.8 Å². The monoisotopic (exact) mass is 369 g/mol. The van der Waals surface area contributed by atoms with Gasteiger partial charge in [-0.15, -0.1) is 0 Å². The van der Waals surface area contributed by atoms with E-state index in [9.17, 15) is 0 Å². The van der Waals surface area contributed by atoms with Crippen LogP contribution < -0.4 is 16.2 Å². The number of ether oxygens (including phenoxy) is 1. The van der Waals surface area contributed by atoms with Crippen LogP contribution in [-0.2, 0) is 0 Å². The van der Waals surface area contributed by atoms with Gasteiger partial charge >= 0.3 is 0 Å². The van der Waals surface area contributed by atoms with Gasteiger partial charge in [0.05, 0.1) is 0 Å². The van der Waals surface area contributed by atoms with Crippen LogP contribution in [0.2, 0.25) is 0 Å². The van der Waals surface area contributed by atoms with Gasteiger partial charge in [-0.25, -0.2) is 0 Å². The summed E-state index contributed by atoms with van der Waals surface area (Å²) in [5.74, 6) is 1.38. The lowest BCUT2D eigenvalue weighted by Gasteiger charge is -2.08. The van der Waals surface area contributed by atoms with Crippen molar-refractivity contribution in [1.82, 2.24) is 4.98 Å². The summed E-state index contributed by atoms with van der Waals surface area (Å²) in [7, 11) is 0. The van der Waals surface area contributed by atoms with E-state index < -0.39 is 0 Å². The summed E-state index contributed by atoms with van der Waals surface area (Å²) in [5, 5.41) is 16.1. The number of H-pyrrole nitrogens is 1. The van der Waals surface area contributed by atoms with Crippen molar-refractivity contribution in [3.05, 3.63) is 83.9 Å². The molecule has 0 aliphatic rings. The molecule has 0 amide bonds.